The lowest BCUT2D eigenvalue weighted by Gasteiger charge is -2.33. The number of nitrogens with zero attached hydrogens (tertiary/aromatic N) is 2. The Kier molecular flexibility index (Phi) is 6.21. The molecular formula is C15H24ClN3O2. The second-order valence-electron chi connectivity index (χ2n) is 5.72. The first-order chi connectivity index (χ1) is 10.2. The molecular weight excluding hydrogens is 290 g/mol. The molecule has 0 atom stereocenters. The number of nitrogens with one attached hydrogen (secondary N) is 1. The summed E-state index contributed by atoms with van der Waals surface area (Å²) in [5.74, 6) is 1.14. The number of hydrogen-bond donors (Lipinski definition) is 3. The van der Waals surface area contributed by atoms with Gasteiger partial charge in [-0.3, -0.25) is 0 Å². The van der Waals surface area contributed by atoms with E-state index >= 15 is 0 Å². The number of aryl methyl sites for hydroxylation is 1. The van der Waals surface area contributed by atoms with E-state index in [1.165, 1.54) is 0 Å². The number of hydrogen-bond acceptors (Lipinski definition) is 5. The molecule has 3 N–H and O–H groups in total. The monoisotopic (exact) mass is 313 g/mol. The SMILES string of the molecule is CCc1ncnc(NC2CCC(C(CO)CO)CC2)c1Cl. The highest BCUT2D eigenvalue weighted by Gasteiger charge is 2.27. The van der Waals surface area contributed by atoms with Crippen molar-refractivity contribution < 1.29 is 10.2 Å². The zero-order valence-electron chi connectivity index (χ0n) is 12.4. The number of halogens is 1. The van der Waals surface area contributed by atoms with Crippen molar-refractivity contribution >= 4 is 17.4 Å². The smallest absolute Gasteiger partial charge is 0.148 e. The van der Waals surface area contributed by atoms with Gasteiger partial charge in [0.15, 0.2) is 0 Å². The summed E-state index contributed by atoms with van der Waals surface area (Å²) in [5.41, 5.74) is 0.864. The molecule has 1 heterocycles. The maximum Gasteiger partial charge on any atom is 0.148 e. The van der Waals surface area contributed by atoms with Crippen LogP contribution in [0.1, 0.15) is 38.3 Å². The van der Waals surface area contributed by atoms with Crippen molar-refractivity contribution in [1.82, 2.24) is 9.97 Å². The minimum Gasteiger partial charge on any atom is -0.396 e. The third-order valence-corrected chi connectivity index (χ3v) is 4.84. The molecule has 0 aromatic carbocycles. The van der Waals surface area contributed by atoms with Crippen LogP contribution < -0.4 is 5.32 Å². The van der Waals surface area contributed by atoms with Gasteiger partial charge in [-0.2, -0.15) is 0 Å². The molecule has 1 aliphatic carbocycles. The van der Waals surface area contributed by atoms with E-state index in [0.29, 0.717) is 22.8 Å². The fourth-order valence-electron chi connectivity index (χ4n) is 3.04. The van der Waals surface area contributed by atoms with E-state index in [1.54, 1.807) is 6.33 Å². The molecule has 1 saturated carbocycles. The maximum absolute atomic E-state index is 9.26. The van der Waals surface area contributed by atoms with Crippen molar-refractivity contribution in [2.24, 2.45) is 11.8 Å². The Bertz CT molecular complexity index is 447. The van der Waals surface area contributed by atoms with Crippen molar-refractivity contribution in [2.75, 3.05) is 18.5 Å². The van der Waals surface area contributed by atoms with Gasteiger partial charge in [0, 0.05) is 25.2 Å². The Morgan fingerprint density at radius 3 is 2.48 bits per heavy atom. The molecule has 0 aliphatic heterocycles. The fraction of sp³-hybridized carbons (Fsp3) is 0.733. The highest BCUT2D eigenvalue weighted by molar-refractivity contribution is 6.33. The number of aromatic nitrogens is 2. The van der Waals surface area contributed by atoms with Crippen LogP contribution in [0.2, 0.25) is 5.02 Å². The average molecular weight is 314 g/mol. The van der Waals surface area contributed by atoms with Crippen LogP contribution in [0.5, 0.6) is 0 Å². The summed E-state index contributed by atoms with van der Waals surface area (Å²) in [6.45, 7) is 2.15. The van der Waals surface area contributed by atoms with Crippen molar-refractivity contribution in [2.45, 2.75) is 45.1 Å². The number of anilines is 1. The first-order valence-electron chi connectivity index (χ1n) is 7.67. The molecule has 0 saturated heterocycles. The molecule has 0 spiro atoms. The molecule has 1 fully saturated rings. The molecule has 1 aromatic rings. The zero-order valence-corrected chi connectivity index (χ0v) is 13.2. The standard InChI is InChI=1S/C15H24ClN3O2/c1-2-13-14(16)15(18-9-17-13)19-12-5-3-10(4-6-12)11(7-20)8-21/h9-12,20-21H,2-8H2,1H3,(H,17,18,19). The predicted octanol–water partition coefficient (Wildman–Crippen LogP) is 2.26. The van der Waals surface area contributed by atoms with Gasteiger partial charge >= 0.3 is 0 Å². The lowest BCUT2D eigenvalue weighted by molar-refractivity contribution is 0.0868. The van der Waals surface area contributed by atoms with Gasteiger partial charge in [-0.25, -0.2) is 9.97 Å². The first kappa shape index (κ1) is 16.5. The van der Waals surface area contributed by atoms with Crippen molar-refractivity contribution in [3.8, 4) is 0 Å². The summed E-state index contributed by atoms with van der Waals surface area (Å²) in [4.78, 5) is 8.40. The van der Waals surface area contributed by atoms with Crippen LogP contribution in [0.15, 0.2) is 6.33 Å². The highest BCUT2D eigenvalue weighted by atomic mass is 35.5. The molecule has 118 valence electrons. The van der Waals surface area contributed by atoms with Gasteiger partial charge < -0.3 is 15.5 Å². The molecule has 6 heteroatoms. The summed E-state index contributed by atoms with van der Waals surface area (Å²) < 4.78 is 0. The summed E-state index contributed by atoms with van der Waals surface area (Å²) in [6, 6.07) is 0.344. The van der Waals surface area contributed by atoms with E-state index in [-0.39, 0.29) is 19.1 Å². The third kappa shape index (κ3) is 4.05. The number of aliphatic hydroxyl groups is 2. The molecule has 1 aliphatic rings. The molecule has 5 nitrogen and oxygen atoms in total. The van der Waals surface area contributed by atoms with E-state index in [9.17, 15) is 10.2 Å². The van der Waals surface area contributed by atoms with Crippen LogP contribution >= 0.6 is 11.6 Å². The Hall–Kier alpha value is -0.910. The van der Waals surface area contributed by atoms with Gasteiger partial charge in [0.25, 0.3) is 0 Å². The molecule has 2 rings (SSSR count). The normalized spacial score (nSPS) is 22.5. The summed E-state index contributed by atoms with van der Waals surface area (Å²) >= 11 is 6.30. The first-order valence-corrected chi connectivity index (χ1v) is 8.05. The molecule has 0 bridgehead atoms. The Balaban J connectivity index is 1.92. The summed E-state index contributed by atoms with van der Waals surface area (Å²) in [7, 11) is 0. The van der Waals surface area contributed by atoms with Crippen LogP contribution in [-0.2, 0) is 6.42 Å². The molecule has 0 radical (unpaired) electrons. The van der Waals surface area contributed by atoms with Gasteiger partial charge in [-0.15, -0.1) is 0 Å². The van der Waals surface area contributed by atoms with Crippen molar-refractivity contribution in [3.63, 3.8) is 0 Å². The Morgan fingerprint density at radius 2 is 1.90 bits per heavy atom. The predicted molar refractivity (Wildman–Crippen MR) is 83.5 cm³/mol. The van der Waals surface area contributed by atoms with Gasteiger partial charge in [0.05, 0.1) is 5.69 Å². The Morgan fingerprint density at radius 1 is 1.24 bits per heavy atom. The molecule has 0 unspecified atom stereocenters. The fourth-order valence-corrected chi connectivity index (χ4v) is 3.32. The molecule has 21 heavy (non-hydrogen) atoms. The number of rotatable bonds is 6. The third-order valence-electron chi connectivity index (χ3n) is 4.44. The van der Waals surface area contributed by atoms with Gasteiger partial charge in [-0.05, 0) is 38.0 Å². The van der Waals surface area contributed by atoms with Gasteiger partial charge in [0.2, 0.25) is 0 Å². The number of aliphatic hydroxyl groups excluding tert-OH is 2. The minimum atomic E-state index is 0.0142. The van der Waals surface area contributed by atoms with E-state index in [4.69, 9.17) is 11.6 Å². The van der Waals surface area contributed by atoms with Crippen molar-refractivity contribution in [1.29, 1.82) is 0 Å². The molecule has 1 aromatic heterocycles. The summed E-state index contributed by atoms with van der Waals surface area (Å²) in [5, 5.41) is 22.6. The van der Waals surface area contributed by atoms with E-state index in [1.807, 2.05) is 6.92 Å². The molecule has 0 amide bonds. The second kappa shape index (κ2) is 7.92. The van der Waals surface area contributed by atoms with Crippen LogP contribution in [0.3, 0.4) is 0 Å². The van der Waals surface area contributed by atoms with Crippen LogP contribution in [0.25, 0.3) is 0 Å². The highest BCUT2D eigenvalue weighted by Crippen LogP contribution is 2.32. The van der Waals surface area contributed by atoms with E-state index < -0.39 is 0 Å². The van der Waals surface area contributed by atoms with E-state index in [0.717, 1.165) is 37.8 Å². The lowest BCUT2D eigenvalue weighted by atomic mass is 9.79. The van der Waals surface area contributed by atoms with Crippen LogP contribution in [0.4, 0.5) is 5.82 Å². The quantitative estimate of drug-likeness (QED) is 0.751. The van der Waals surface area contributed by atoms with E-state index in [2.05, 4.69) is 15.3 Å². The second-order valence-corrected chi connectivity index (χ2v) is 6.10. The average Bonchev–Trinajstić information content (AvgIpc) is 2.52. The van der Waals surface area contributed by atoms with Crippen LogP contribution in [0, 0.1) is 11.8 Å². The maximum atomic E-state index is 9.26. The minimum absolute atomic E-state index is 0.0142. The van der Waals surface area contributed by atoms with Crippen molar-refractivity contribution in [3.05, 3.63) is 17.0 Å². The largest absolute Gasteiger partial charge is 0.396 e. The zero-order chi connectivity index (χ0) is 15.2. The van der Waals surface area contributed by atoms with Gasteiger partial charge in [0.1, 0.15) is 17.2 Å². The lowest BCUT2D eigenvalue weighted by Crippen LogP contribution is -2.32. The summed E-state index contributed by atoms with van der Waals surface area (Å²) in [6.07, 6.45) is 6.36. The topological polar surface area (TPSA) is 78.3 Å². The Labute approximate surface area is 130 Å². The van der Waals surface area contributed by atoms with Gasteiger partial charge in [-0.1, -0.05) is 18.5 Å². The van der Waals surface area contributed by atoms with Crippen LogP contribution in [-0.4, -0.2) is 39.4 Å².